The number of aliphatic hydroxyl groups excluding tert-OH is 3. The molecule has 0 radical (unpaired) electrons. The Labute approximate surface area is 524 Å². The Hall–Kier alpha value is -7.60. The lowest BCUT2D eigenvalue weighted by Crippen LogP contribution is -2.35. The molecule has 0 bridgehead atoms. The SMILES string of the molecule is Cc1[nH]c(=O)cc2scnc12.Cc1c2ncsc2cc[n+]1O.Cc1cc2sc(-c3c(C)nc(NCC4CC4)nc3N[C@@H]3C[C@H](CO)[C@@H](O)[C@H]3O)nc2c(C)n1.Cc1cc2scnc2c(C)n1.Cc1cc2scnc2c(C)n1.Cc1nccc2scnc12. The van der Waals surface area contributed by atoms with E-state index in [-0.39, 0.29) is 18.1 Å². The van der Waals surface area contributed by atoms with Gasteiger partial charge in [-0.05, 0) is 112 Å². The number of nitrogens with zero attached hydrogens (tertiary/aromatic N) is 13. The molecule has 2 fully saturated rings. The second kappa shape index (κ2) is 27.6. The lowest BCUT2D eigenvalue weighted by molar-refractivity contribution is -0.907. The molecule has 0 saturated heterocycles. The van der Waals surface area contributed by atoms with E-state index in [0.717, 1.165) is 126 Å². The third-order valence-corrected chi connectivity index (χ3v) is 19.4. The minimum atomic E-state index is -1.00. The van der Waals surface area contributed by atoms with E-state index in [1.54, 1.807) is 80.0 Å². The summed E-state index contributed by atoms with van der Waals surface area (Å²) in [6.45, 7) is 20.2. The van der Waals surface area contributed by atoms with E-state index in [9.17, 15) is 25.3 Å². The van der Waals surface area contributed by atoms with Crippen molar-refractivity contribution in [2.45, 2.75) is 107 Å². The van der Waals surface area contributed by atoms with Gasteiger partial charge in [-0.25, -0.2) is 34.9 Å². The van der Waals surface area contributed by atoms with E-state index >= 15 is 0 Å². The number of rotatable bonds is 7. The smallest absolute Gasteiger partial charge is 0.257 e. The summed E-state index contributed by atoms with van der Waals surface area (Å²) in [7, 11) is 0. The van der Waals surface area contributed by atoms with E-state index in [1.165, 1.54) is 38.3 Å². The molecule has 450 valence electrons. The zero-order valence-corrected chi connectivity index (χ0v) is 54.3. The van der Waals surface area contributed by atoms with Crippen LogP contribution in [-0.2, 0) is 0 Å². The molecule has 0 aromatic carbocycles. The van der Waals surface area contributed by atoms with Gasteiger partial charge >= 0.3 is 0 Å². The molecule has 2 saturated carbocycles. The highest BCUT2D eigenvalue weighted by atomic mass is 32.1. The number of aryl methyl sites for hydroxylation is 10. The fraction of sp³-hybridized carbons (Fsp3) is 0.333. The van der Waals surface area contributed by atoms with Crippen LogP contribution in [0.5, 0.6) is 0 Å². The van der Waals surface area contributed by atoms with Gasteiger partial charge in [0.25, 0.3) is 5.69 Å². The average molecular weight is 1280 g/mol. The Balaban J connectivity index is 0.000000127. The topological polar surface area (TPSA) is 296 Å². The summed E-state index contributed by atoms with van der Waals surface area (Å²) in [5.74, 6) is 1.39. The maximum absolute atomic E-state index is 10.9. The van der Waals surface area contributed by atoms with Crippen LogP contribution in [0.1, 0.15) is 76.2 Å². The van der Waals surface area contributed by atoms with E-state index in [1.807, 2.05) is 110 Å². The summed E-state index contributed by atoms with van der Waals surface area (Å²) >= 11 is 9.60. The van der Waals surface area contributed by atoms with E-state index in [0.29, 0.717) is 24.1 Å². The molecule has 2 aliphatic carbocycles. The number of aliphatic hydroxyl groups is 3. The lowest BCUT2D eigenvalue weighted by atomic mass is 10.1. The number of nitrogens with one attached hydrogen (secondary N) is 3. The minimum Gasteiger partial charge on any atom is -0.396 e. The molecule has 15 rings (SSSR count). The maximum atomic E-state index is 10.9. The van der Waals surface area contributed by atoms with Gasteiger partial charge in [0.1, 0.15) is 44.5 Å². The summed E-state index contributed by atoms with van der Waals surface area (Å²) in [5, 5.41) is 47.1. The van der Waals surface area contributed by atoms with Crippen molar-refractivity contribution in [2.24, 2.45) is 11.8 Å². The standard InChI is InChI=1S/C23H30N6O3S.2C8H8N2S.C7H6N2OS.C7H7N2OS.C7H6N2S/c1-10-6-16-18(12(3)25-10)28-22(33-16)17-11(2)26-23(24-8-13-4-5-13)29-21(17)27-15-7-14(9-30)19(31)20(15)32;2*1-5-3-7-8(6(2)10-5)9-4-11-7;1-4-7-5(11-3-8-7)2-6(10)9-4;1-5-7-6(11-4-8-7)2-3-9(5)10;1-5-7-6(2-3-8-5)10-4-9-7/h6,13-15,19-20,30-32H,4-5,7-9H2,1-3H3,(H2,24,26,27,29);2*3-4H,1-2H3;2-3H,1H3,(H,9,10);2-4,10H,1H3;2-4H,1H3/q;;;;+1;/t14-,15-,19-,20+;;;;;/m1...../s1. The van der Waals surface area contributed by atoms with Gasteiger partial charge in [0.2, 0.25) is 17.7 Å². The molecule has 2 aliphatic rings. The Morgan fingerprint density at radius 2 is 1.10 bits per heavy atom. The number of hydrogen-bond acceptors (Lipinski definition) is 25. The minimum absolute atomic E-state index is 0.0562. The molecule has 13 aromatic rings. The first-order valence-corrected chi connectivity index (χ1v) is 33.0. The van der Waals surface area contributed by atoms with Gasteiger partial charge in [-0.2, -0.15) is 4.98 Å². The fourth-order valence-electron chi connectivity index (χ4n) is 9.83. The van der Waals surface area contributed by atoms with Crippen LogP contribution >= 0.6 is 68.0 Å². The van der Waals surface area contributed by atoms with Crippen LogP contribution in [0.25, 0.3) is 71.9 Å². The van der Waals surface area contributed by atoms with Gasteiger partial charge < -0.3 is 30.9 Å². The first-order valence-electron chi connectivity index (χ1n) is 27.8. The summed E-state index contributed by atoms with van der Waals surface area (Å²) in [4.78, 5) is 66.1. The van der Waals surface area contributed by atoms with Gasteiger partial charge in [0.05, 0.1) is 102 Å². The van der Waals surface area contributed by atoms with E-state index in [2.05, 4.69) is 72.6 Å². The van der Waals surface area contributed by atoms with Crippen molar-refractivity contribution < 1.29 is 25.3 Å². The molecule has 27 heteroatoms. The number of aromatic nitrogens is 14. The van der Waals surface area contributed by atoms with Crippen molar-refractivity contribution in [1.82, 2.24) is 64.8 Å². The number of thiazole rings is 6. The molecule has 0 amide bonds. The fourth-order valence-corrected chi connectivity index (χ4v) is 14.9. The van der Waals surface area contributed by atoms with Gasteiger partial charge in [0, 0.05) is 71.8 Å². The highest BCUT2D eigenvalue weighted by Crippen LogP contribution is 2.39. The number of fused-ring (bicyclic) bond motifs is 6. The van der Waals surface area contributed by atoms with Gasteiger partial charge in [0.15, 0.2) is 5.52 Å². The Kier molecular flexibility index (Phi) is 19.8. The number of aromatic amines is 1. The monoisotopic (exact) mass is 1280 g/mol. The summed E-state index contributed by atoms with van der Waals surface area (Å²) < 4.78 is 7.87. The van der Waals surface area contributed by atoms with Crippen molar-refractivity contribution in [1.29, 1.82) is 0 Å². The zero-order valence-electron chi connectivity index (χ0n) is 49.4. The molecule has 4 atom stereocenters. The summed E-state index contributed by atoms with van der Waals surface area (Å²) in [6.07, 6.45) is 4.34. The molecule has 0 aliphatic heterocycles. The quantitative estimate of drug-likeness (QED) is 0.0576. The van der Waals surface area contributed by atoms with Crippen molar-refractivity contribution in [3.05, 3.63) is 144 Å². The third-order valence-electron chi connectivity index (χ3n) is 14.4. The maximum Gasteiger partial charge on any atom is 0.257 e. The average Bonchev–Trinajstić information content (AvgIpc) is 2.60. The molecule has 0 unspecified atom stereocenters. The van der Waals surface area contributed by atoms with Crippen LogP contribution in [0.2, 0.25) is 0 Å². The second-order valence-corrected chi connectivity index (χ2v) is 26.6. The Bertz CT molecular complexity index is 4510. The summed E-state index contributed by atoms with van der Waals surface area (Å²) in [6, 6.07) is 11.1. The van der Waals surface area contributed by atoms with Crippen molar-refractivity contribution in [3.63, 3.8) is 0 Å². The van der Waals surface area contributed by atoms with Crippen LogP contribution < -0.4 is 20.9 Å². The molecular weight excluding hydrogens is 1220 g/mol. The van der Waals surface area contributed by atoms with Crippen molar-refractivity contribution in [2.75, 3.05) is 23.8 Å². The van der Waals surface area contributed by atoms with Gasteiger partial charge in [-0.1, -0.05) is 0 Å². The van der Waals surface area contributed by atoms with Crippen molar-refractivity contribution in [3.8, 4) is 10.6 Å². The molecular formula is C60H65N16O5S6+. The first kappa shape index (κ1) is 62.5. The molecule has 7 N–H and O–H groups in total. The highest BCUT2D eigenvalue weighted by Gasteiger charge is 2.42. The van der Waals surface area contributed by atoms with Crippen LogP contribution in [-0.4, -0.2) is 117 Å². The molecule has 13 aromatic heterocycles. The van der Waals surface area contributed by atoms with E-state index < -0.39 is 18.2 Å². The lowest BCUT2D eigenvalue weighted by Gasteiger charge is -2.21. The Morgan fingerprint density at radius 3 is 1.68 bits per heavy atom. The largest absolute Gasteiger partial charge is 0.396 e. The highest BCUT2D eigenvalue weighted by molar-refractivity contribution is 7.21. The normalized spacial score (nSPS) is 16.1. The van der Waals surface area contributed by atoms with Crippen LogP contribution in [0.15, 0.2) is 81.1 Å². The second-order valence-electron chi connectivity index (χ2n) is 21.1. The van der Waals surface area contributed by atoms with Crippen LogP contribution in [0.3, 0.4) is 0 Å². The zero-order chi connectivity index (χ0) is 61.6. The molecule has 87 heavy (non-hydrogen) atoms. The number of pyridine rings is 6. The van der Waals surface area contributed by atoms with Gasteiger partial charge in [-0.15, -0.1) is 68.0 Å². The Morgan fingerprint density at radius 1 is 0.575 bits per heavy atom. The molecule has 13 heterocycles. The van der Waals surface area contributed by atoms with Crippen molar-refractivity contribution >= 4 is 141 Å². The van der Waals surface area contributed by atoms with E-state index in [4.69, 9.17) is 15.0 Å². The predicted octanol–water partition coefficient (Wildman–Crippen LogP) is 11.4. The number of hydrogen-bond donors (Lipinski definition) is 7. The van der Waals surface area contributed by atoms with Crippen LogP contribution in [0, 0.1) is 81.1 Å². The molecule has 21 nitrogen and oxygen atoms in total. The molecule has 0 spiro atoms. The third kappa shape index (κ3) is 14.9. The predicted molar refractivity (Wildman–Crippen MR) is 351 cm³/mol. The summed E-state index contributed by atoms with van der Waals surface area (Å²) in [5.41, 5.74) is 25.0. The number of H-pyrrole nitrogens is 1. The van der Waals surface area contributed by atoms with Gasteiger partial charge in [-0.3, -0.25) is 29.9 Å². The van der Waals surface area contributed by atoms with Crippen LogP contribution in [0.4, 0.5) is 11.8 Å². The number of anilines is 2. The first-order chi connectivity index (χ1) is 41.8.